The fourth-order valence-electron chi connectivity index (χ4n) is 0.118. The van der Waals surface area contributed by atoms with Crippen LogP contribution in [0.3, 0.4) is 0 Å². The summed E-state index contributed by atoms with van der Waals surface area (Å²) in [7, 11) is 8.50. The van der Waals surface area contributed by atoms with Gasteiger partial charge in [-0.25, -0.2) is 0 Å². The first-order valence-corrected chi connectivity index (χ1v) is 3.31. The fourth-order valence-corrected chi connectivity index (χ4v) is 0.118. The highest BCUT2D eigenvalue weighted by Gasteiger charge is 1.88. The molecule has 0 amide bonds. The Morgan fingerprint density at radius 2 is 1.15 bits per heavy atom. The van der Waals surface area contributed by atoms with Gasteiger partial charge in [0, 0.05) is 18.4 Å². The van der Waals surface area contributed by atoms with Crippen molar-refractivity contribution >= 4 is 11.9 Å². The lowest BCUT2D eigenvalue weighted by atomic mass is 10.5. The van der Waals surface area contributed by atoms with Crippen LogP contribution in [0.1, 0.15) is 6.42 Å². The molecule has 6 heteroatoms. The van der Waals surface area contributed by atoms with Crippen molar-refractivity contribution in [3.05, 3.63) is 0 Å². The number of nitrogens with zero attached hydrogens (tertiary/aromatic N) is 1. The fraction of sp³-hybridized carbons (Fsp3) is 0.714. The highest BCUT2D eigenvalue weighted by atomic mass is 16.4. The molecule has 0 heterocycles. The van der Waals surface area contributed by atoms with Gasteiger partial charge in [0.25, 0.3) is 0 Å². The van der Waals surface area contributed by atoms with Crippen LogP contribution in [-0.2, 0) is 9.59 Å². The smallest absolute Gasteiger partial charge is 0.0675 e. The zero-order valence-electron chi connectivity index (χ0n) is 8.29. The first kappa shape index (κ1) is 17.8. The summed E-state index contributed by atoms with van der Waals surface area (Å²) in [5, 5.41) is 18.6. The third kappa shape index (κ3) is 104. The summed E-state index contributed by atoms with van der Waals surface area (Å²) in [6.07, 6.45) is -1.03. The maximum absolute atomic E-state index is 9.28. The molecule has 0 aromatic rings. The predicted molar refractivity (Wildman–Crippen MR) is 42.2 cm³/mol. The van der Waals surface area contributed by atoms with Crippen molar-refractivity contribution in [1.29, 1.82) is 0 Å². The molecule has 2 N–H and O–H groups in total. The van der Waals surface area contributed by atoms with Gasteiger partial charge in [0.05, 0.1) is 28.2 Å². The minimum absolute atomic E-state index is 0. The summed E-state index contributed by atoms with van der Waals surface area (Å²) in [6, 6.07) is 0. The molecule has 0 radical (unpaired) electrons. The summed E-state index contributed by atoms with van der Waals surface area (Å²) in [5.74, 6) is -3.25. The summed E-state index contributed by atoms with van der Waals surface area (Å²) < 4.78 is 1.00. The van der Waals surface area contributed by atoms with Crippen LogP contribution in [-0.4, -0.2) is 50.1 Å². The van der Waals surface area contributed by atoms with E-state index in [1.165, 1.54) is 0 Å². The summed E-state index contributed by atoms with van der Waals surface area (Å²) in [5.41, 5.74) is 0. The van der Waals surface area contributed by atoms with E-state index in [9.17, 15) is 19.8 Å². The number of quaternary nitrogens is 1. The molecule has 0 unspecified atom stereocenters. The van der Waals surface area contributed by atoms with E-state index < -0.39 is 18.4 Å². The van der Waals surface area contributed by atoms with Crippen molar-refractivity contribution in [1.82, 2.24) is 0 Å². The van der Waals surface area contributed by atoms with Crippen molar-refractivity contribution < 1.29 is 29.8 Å². The Hall–Kier alpha value is -1.14. The molecule has 0 aliphatic rings. The molecule has 0 bridgehead atoms. The van der Waals surface area contributed by atoms with Gasteiger partial charge in [-0.2, -0.15) is 0 Å². The van der Waals surface area contributed by atoms with Gasteiger partial charge in [-0.3, -0.25) is 0 Å². The van der Waals surface area contributed by atoms with Gasteiger partial charge in [0.2, 0.25) is 0 Å². The zero-order chi connectivity index (χ0) is 10.4. The summed E-state index contributed by atoms with van der Waals surface area (Å²) in [4.78, 5) is 18.6. The van der Waals surface area contributed by atoms with Gasteiger partial charge in [-0.05, 0) is 0 Å². The second-order valence-corrected chi connectivity index (χ2v) is 3.60. The third-order valence-electron chi connectivity index (χ3n) is 0.289. The summed E-state index contributed by atoms with van der Waals surface area (Å²) in [6.45, 7) is 0. The van der Waals surface area contributed by atoms with Crippen molar-refractivity contribution in [3.8, 4) is 0 Å². The molecule has 0 aromatic carbocycles. The molecular formula is C7H16NO5-. The lowest BCUT2D eigenvalue weighted by molar-refractivity contribution is -0.849. The molecule has 80 valence electrons. The number of hydrogen-bond acceptors (Lipinski definition) is 4. The largest absolute Gasteiger partial charge is 0.550 e. The quantitative estimate of drug-likeness (QED) is 0.333. The van der Waals surface area contributed by atoms with E-state index in [0.29, 0.717) is 0 Å². The van der Waals surface area contributed by atoms with E-state index in [1.54, 1.807) is 0 Å². The second kappa shape index (κ2) is 7.51. The van der Waals surface area contributed by atoms with E-state index in [-0.39, 0.29) is 5.48 Å². The van der Waals surface area contributed by atoms with Gasteiger partial charge in [0.1, 0.15) is 0 Å². The van der Waals surface area contributed by atoms with E-state index >= 15 is 0 Å². The Labute approximate surface area is 77.3 Å². The van der Waals surface area contributed by atoms with Gasteiger partial charge in [0.15, 0.2) is 0 Å². The lowest BCUT2D eigenvalue weighted by Crippen LogP contribution is -2.32. The third-order valence-corrected chi connectivity index (χ3v) is 0.289. The standard InChI is InChI=1S/C4H12N.C3H4O4.H2O/c1-5(2,3)4;4-2(5)1-3(6)7;/h1-4H3;1H2,(H,4,5)(H,6,7);1H2/q+1;;/p-2. The van der Waals surface area contributed by atoms with Crippen LogP contribution < -0.4 is 10.2 Å². The normalized spacial score (nSPS) is 8.92. The van der Waals surface area contributed by atoms with Crippen molar-refractivity contribution in [2.75, 3.05) is 28.2 Å². The number of aliphatic carboxylic acids is 2. The zero-order valence-corrected chi connectivity index (χ0v) is 8.29. The molecule has 0 aliphatic carbocycles. The molecule has 0 fully saturated rings. The Morgan fingerprint density at radius 1 is 1.00 bits per heavy atom. The predicted octanol–water partition coefficient (Wildman–Crippen LogP) is -3.63. The number of carboxylic acids is 2. The minimum atomic E-state index is -1.63. The SMILES string of the molecule is C[N+](C)(C)C.O.O=C([O-])CC(=O)[O-]. The van der Waals surface area contributed by atoms with Crippen LogP contribution in [0.15, 0.2) is 0 Å². The molecule has 0 atom stereocenters. The van der Waals surface area contributed by atoms with Gasteiger partial charge in [-0.15, -0.1) is 0 Å². The molecule has 0 rings (SSSR count). The number of carboxylic acid groups (broad SMARTS) is 2. The first-order chi connectivity index (χ1) is 5.13. The average Bonchev–Trinajstić information content (AvgIpc) is 1.52. The summed E-state index contributed by atoms with van der Waals surface area (Å²) >= 11 is 0. The molecule has 0 spiro atoms. The monoisotopic (exact) mass is 194 g/mol. The van der Waals surface area contributed by atoms with E-state index in [0.717, 1.165) is 4.48 Å². The maximum atomic E-state index is 9.28. The molecule has 0 saturated heterocycles. The van der Waals surface area contributed by atoms with Crippen molar-refractivity contribution in [3.63, 3.8) is 0 Å². The van der Waals surface area contributed by atoms with Crippen LogP contribution >= 0.6 is 0 Å². The molecule has 0 aromatic heterocycles. The van der Waals surface area contributed by atoms with E-state index in [4.69, 9.17) is 0 Å². The van der Waals surface area contributed by atoms with Crippen LogP contribution in [0.4, 0.5) is 0 Å². The second-order valence-electron chi connectivity index (χ2n) is 3.60. The molecule has 0 aliphatic heterocycles. The lowest BCUT2D eigenvalue weighted by Gasteiger charge is -2.14. The number of carbonyl (C=O) groups excluding carboxylic acids is 2. The maximum Gasteiger partial charge on any atom is 0.0675 e. The first-order valence-electron chi connectivity index (χ1n) is 3.31. The highest BCUT2D eigenvalue weighted by molar-refractivity contribution is 5.86. The molecule has 6 nitrogen and oxygen atoms in total. The van der Waals surface area contributed by atoms with Crippen LogP contribution in [0.5, 0.6) is 0 Å². The van der Waals surface area contributed by atoms with Gasteiger partial charge >= 0.3 is 0 Å². The Morgan fingerprint density at radius 3 is 1.15 bits per heavy atom. The minimum Gasteiger partial charge on any atom is -0.550 e. The highest BCUT2D eigenvalue weighted by Crippen LogP contribution is 1.73. The Bertz CT molecular complexity index is 143. The van der Waals surface area contributed by atoms with Crippen LogP contribution in [0, 0.1) is 0 Å². The van der Waals surface area contributed by atoms with Crippen molar-refractivity contribution in [2.45, 2.75) is 6.42 Å². The molecule has 13 heavy (non-hydrogen) atoms. The van der Waals surface area contributed by atoms with Crippen LogP contribution in [0.2, 0.25) is 0 Å². The number of carbonyl (C=O) groups is 2. The Kier molecular flexibility index (Phi) is 10.3. The van der Waals surface area contributed by atoms with Gasteiger partial charge < -0.3 is 29.8 Å². The molecule has 0 saturated carbocycles. The van der Waals surface area contributed by atoms with E-state index in [1.807, 2.05) is 0 Å². The topological polar surface area (TPSA) is 112 Å². The number of hydrogen-bond donors (Lipinski definition) is 0. The number of rotatable bonds is 2. The molecular weight excluding hydrogens is 178 g/mol. The van der Waals surface area contributed by atoms with E-state index in [2.05, 4.69) is 28.2 Å². The van der Waals surface area contributed by atoms with Gasteiger partial charge in [-0.1, -0.05) is 0 Å². The van der Waals surface area contributed by atoms with Crippen LogP contribution in [0.25, 0.3) is 0 Å². The Balaban J connectivity index is -0.000000150. The van der Waals surface area contributed by atoms with Crippen molar-refractivity contribution in [2.24, 2.45) is 0 Å². The average molecular weight is 194 g/mol.